The number of aryl methyl sites for hydroxylation is 1. The Labute approximate surface area is 119 Å². The van der Waals surface area contributed by atoms with Crippen LogP contribution in [0.1, 0.15) is 23.5 Å². The minimum atomic E-state index is 0.430. The van der Waals surface area contributed by atoms with Gasteiger partial charge in [-0.3, -0.25) is 0 Å². The average molecular weight is 262 g/mol. The number of benzene rings is 2. The number of nitrogens with zero attached hydrogens (tertiary/aromatic N) is 2. The average Bonchev–Trinajstić information content (AvgIpc) is 3.03. The van der Waals surface area contributed by atoms with E-state index in [0.717, 1.165) is 13.0 Å². The molecule has 0 saturated carbocycles. The summed E-state index contributed by atoms with van der Waals surface area (Å²) < 4.78 is 2.14. The van der Waals surface area contributed by atoms with Gasteiger partial charge in [0.05, 0.1) is 6.33 Å². The molecule has 1 heterocycles. The second kappa shape index (κ2) is 6.20. The van der Waals surface area contributed by atoms with Crippen LogP contribution in [-0.4, -0.2) is 9.55 Å². The van der Waals surface area contributed by atoms with E-state index < -0.39 is 0 Å². The second-order valence-electron chi connectivity index (χ2n) is 4.96. The molecule has 3 rings (SSSR count). The summed E-state index contributed by atoms with van der Waals surface area (Å²) in [5.41, 5.74) is 2.75. The van der Waals surface area contributed by atoms with E-state index in [1.807, 2.05) is 18.7 Å². The maximum atomic E-state index is 4.11. The fraction of sp³-hybridized carbons (Fsp3) is 0.167. The fourth-order valence-electron chi connectivity index (χ4n) is 2.59. The van der Waals surface area contributed by atoms with Crippen molar-refractivity contribution in [2.24, 2.45) is 0 Å². The Morgan fingerprint density at radius 1 is 0.850 bits per heavy atom. The van der Waals surface area contributed by atoms with Crippen LogP contribution in [0.2, 0.25) is 0 Å². The summed E-state index contributed by atoms with van der Waals surface area (Å²) in [5, 5.41) is 0. The highest BCUT2D eigenvalue weighted by atomic mass is 15.0. The zero-order chi connectivity index (χ0) is 13.6. The standard InChI is InChI=1S/C18H18N2/c1-3-7-16(8-4-1)18(17-9-5-2-6-10-17)11-13-20-14-12-19-15-20/h1-10,12,14-15,18H,11,13H2. The molecule has 0 fully saturated rings. The van der Waals surface area contributed by atoms with Crippen LogP contribution in [-0.2, 0) is 6.54 Å². The Kier molecular flexibility index (Phi) is 3.93. The highest BCUT2D eigenvalue weighted by molar-refractivity contribution is 5.32. The van der Waals surface area contributed by atoms with E-state index in [9.17, 15) is 0 Å². The summed E-state index contributed by atoms with van der Waals surface area (Å²) in [6.07, 6.45) is 6.81. The molecule has 2 nitrogen and oxygen atoms in total. The van der Waals surface area contributed by atoms with Gasteiger partial charge in [-0.05, 0) is 17.5 Å². The quantitative estimate of drug-likeness (QED) is 0.676. The minimum absolute atomic E-state index is 0.430. The van der Waals surface area contributed by atoms with Gasteiger partial charge in [-0.1, -0.05) is 60.7 Å². The normalized spacial score (nSPS) is 10.8. The molecule has 20 heavy (non-hydrogen) atoms. The summed E-state index contributed by atoms with van der Waals surface area (Å²) in [7, 11) is 0. The molecule has 100 valence electrons. The number of imidazole rings is 1. The third-order valence-electron chi connectivity index (χ3n) is 3.64. The maximum absolute atomic E-state index is 4.11. The number of hydrogen-bond acceptors (Lipinski definition) is 1. The molecular weight excluding hydrogens is 244 g/mol. The van der Waals surface area contributed by atoms with Crippen LogP contribution in [0.15, 0.2) is 79.4 Å². The zero-order valence-electron chi connectivity index (χ0n) is 11.4. The van der Waals surface area contributed by atoms with Gasteiger partial charge in [0.25, 0.3) is 0 Å². The first-order valence-electron chi connectivity index (χ1n) is 6.99. The smallest absolute Gasteiger partial charge is 0.0945 e. The van der Waals surface area contributed by atoms with Gasteiger partial charge in [-0.2, -0.15) is 0 Å². The fourth-order valence-corrected chi connectivity index (χ4v) is 2.59. The molecule has 3 aromatic rings. The largest absolute Gasteiger partial charge is 0.337 e. The van der Waals surface area contributed by atoms with E-state index in [1.54, 1.807) is 0 Å². The van der Waals surface area contributed by atoms with Crippen molar-refractivity contribution in [3.05, 3.63) is 90.5 Å². The van der Waals surface area contributed by atoms with Gasteiger partial charge in [0.1, 0.15) is 0 Å². The van der Waals surface area contributed by atoms with Crippen molar-refractivity contribution in [3.63, 3.8) is 0 Å². The van der Waals surface area contributed by atoms with Gasteiger partial charge in [-0.15, -0.1) is 0 Å². The highest BCUT2D eigenvalue weighted by Gasteiger charge is 2.13. The van der Waals surface area contributed by atoms with E-state index in [2.05, 4.69) is 70.2 Å². The van der Waals surface area contributed by atoms with Gasteiger partial charge >= 0.3 is 0 Å². The first-order valence-corrected chi connectivity index (χ1v) is 6.99. The molecule has 0 aliphatic heterocycles. The monoisotopic (exact) mass is 262 g/mol. The molecule has 0 N–H and O–H groups in total. The second-order valence-corrected chi connectivity index (χ2v) is 4.96. The van der Waals surface area contributed by atoms with Gasteiger partial charge in [0, 0.05) is 24.9 Å². The van der Waals surface area contributed by atoms with Crippen LogP contribution in [0.3, 0.4) is 0 Å². The third-order valence-corrected chi connectivity index (χ3v) is 3.64. The van der Waals surface area contributed by atoms with Crippen molar-refractivity contribution in [2.75, 3.05) is 0 Å². The number of aromatic nitrogens is 2. The predicted octanol–water partition coefficient (Wildman–Crippen LogP) is 4.11. The molecule has 0 aliphatic carbocycles. The summed E-state index contributed by atoms with van der Waals surface area (Å²) in [6, 6.07) is 21.5. The van der Waals surface area contributed by atoms with E-state index >= 15 is 0 Å². The highest BCUT2D eigenvalue weighted by Crippen LogP contribution is 2.28. The molecule has 0 aliphatic rings. The van der Waals surface area contributed by atoms with E-state index in [1.165, 1.54) is 11.1 Å². The van der Waals surface area contributed by atoms with Crippen molar-refractivity contribution < 1.29 is 0 Å². The molecule has 2 heteroatoms. The molecule has 0 spiro atoms. The molecule has 0 bridgehead atoms. The van der Waals surface area contributed by atoms with Crippen molar-refractivity contribution in [3.8, 4) is 0 Å². The Morgan fingerprint density at radius 2 is 1.45 bits per heavy atom. The van der Waals surface area contributed by atoms with Crippen molar-refractivity contribution >= 4 is 0 Å². The summed E-state index contributed by atoms with van der Waals surface area (Å²) in [4.78, 5) is 4.11. The summed E-state index contributed by atoms with van der Waals surface area (Å²) >= 11 is 0. The summed E-state index contributed by atoms with van der Waals surface area (Å²) in [5.74, 6) is 0.430. The topological polar surface area (TPSA) is 17.8 Å². The molecule has 2 aromatic carbocycles. The maximum Gasteiger partial charge on any atom is 0.0945 e. The molecule has 1 aromatic heterocycles. The molecule has 0 saturated heterocycles. The van der Waals surface area contributed by atoms with E-state index in [4.69, 9.17) is 0 Å². The van der Waals surface area contributed by atoms with Crippen LogP contribution in [0, 0.1) is 0 Å². The SMILES string of the molecule is c1ccc(C(CCn2ccnc2)c2ccccc2)cc1. The van der Waals surface area contributed by atoms with Gasteiger partial charge < -0.3 is 4.57 Å². The molecular formula is C18H18N2. The molecule has 0 unspecified atom stereocenters. The van der Waals surface area contributed by atoms with Crippen LogP contribution in [0.25, 0.3) is 0 Å². The first kappa shape index (κ1) is 12.7. The number of hydrogen-bond donors (Lipinski definition) is 0. The van der Waals surface area contributed by atoms with Crippen LogP contribution >= 0.6 is 0 Å². The summed E-state index contributed by atoms with van der Waals surface area (Å²) in [6.45, 7) is 0.981. The van der Waals surface area contributed by atoms with Crippen molar-refractivity contribution in [2.45, 2.75) is 18.9 Å². The molecule has 0 amide bonds. The van der Waals surface area contributed by atoms with Crippen LogP contribution in [0.5, 0.6) is 0 Å². The molecule has 0 radical (unpaired) electrons. The lowest BCUT2D eigenvalue weighted by atomic mass is 9.88. The number of rotatable bonds is 5. The van der Waals surface area contributed by atoms with Gasteiger partial charge in [-0.25, -0.2) is 4.98 Å². The van der Waals surface area contributed by atoms with E-state index in [0.29, 0.717) is 5.92 Å². The Hall–Kier alpha value is -2.35. The van der Waals surface area contributed by atoms with E-state index in [-0.39, 0.29) is 0 Å². The lowest BCUT2D eigenvalue weighted by Gasteiger charge is -2.18. The lowest BCUT2D eigenvalue weighted by molar-refractivity contribution is 0.595. The van der Waals surface area contributed by atoms with Crippen molar-refractivity contribution in [1.82, 2.24) is 9.55 Å². The van der Waals surface area contributed by atoms with Crippen molar-refractivity contribution in [1.29, 1.82) is 0 Å². The predicted molar refractivity (Wildman–Crippen MR) is 81.6 cm³/mol. The van der Waals surface area contributed by atoms with Crippen LogP contribution < -0.4 is 0 Å². The zero-order valence-corrected chi connectivity index (χ0v) is 11.4. The van der Waals surface area contributed by atoms with Gasteiger partial charge in [0.2, 0.25) is 0 Å². The Bertz CT molecular complexity index is 576. The minimum Gasteiger partial charge on any atom is -0.337 e. The first-order chi connectivity index (χ1) is 9.93. The van der Waals surface area contributed by atoms with Crippen LogP contribution in [0.4, 0.5) is 0 Å². The Balaban J connectivity index is 1.84. The molecule has 0 atom stereocenters. The third kappa shape index (κ3) is 2.97. The van der Waals surface area contributed by atoms with Gasteiger partial charge in [0.15, 0.2) is 0 Å². The Morgan fingerprint density at radius 3 is 1.95 bits per heavy atom. The lowest BCUT2D eigenvalue weighted by Crippen LogP contribution is -2.05.